The van der Waals surface area contributed by atoms with Crippen LogP contribution in [0.15, 0.2) is 47.5 Å². The maximum absolute atomic E-state index is 12.7. The average Bonchev–Trinajstić information content (AvgIpc) is 3.01. The third-order valence-electron chi connectivity index (χ3n) is 4.25. The molecule has 28 heavy (non-hydrogen) atoms. The van der Waals surface area contributed by atoms with Gasteiger partial charge < -0.3 is 4.57 Å². The highest BCUT2D eigenvalue weighted by Gasteiger charge is 2.16. The van der Waals surface area contributed by atoms with Gasteiger partial charge in [-0.1, -0.05) is 54.2 Å². The standard InChI is InChI=1S/C21H19Cl3N2OS/c1-3-5-18-19(14-8-11-16(23)17(24)12-14)26(4-2)21(28-18)25-20(27)13-6-9-15(22)10-7-13/h6-12H,3-5H2,1-2H3. The molecule has 1 heterocycles. The van der Waals surface area contributed by atoms with Gasteiger partial charge in [0.1, 0.15) is 0 Å². The van der Waals surface area contributed by atoms with E-state index in [1.807, 2.05) is 19.1 Å². The molecule has 2 aromatic carbocycles. The molecular weight excluding hydrogens is 435 g/mol. The Morgan fingerprint density at radius 2 is 1.75 bits per heavy atom. The highest BCUT2D eigenvalue weighted by atomic mass is 35.5. The first-order valence-electron chi connectivity index (χ1n) is 8.97. The van der Waals surface area contributed by atoms with Crippen molar-refractivity contribution in [3.8, 4) is 11.3 Å². The summed E-state index contributed by atoms with van der Waals surface area (Å²) in [6.07, 6.45) is 1.88. The lowest BCUT2D eigenvalue weighted by Crippen LogP contribution is -2.17. The summed E-state index contributed by atoms with van der Waals surface area (Å²) in [5, 5.41) is 1.61. The number of aryl methyl sites for hydroxylation is 1. The van der Waals surface area contributed by atoms with Crippen LogP contribution in [0.25, 0.3) is 11.3 Å². The van der Waals surface area contributed by atoms with Gasteiger partial charge in [0.15, 0.2) is 4.80 Å². The van der Waals surface area contributed by atoms with E-state index in [0.717, 1.165) is 24.1 Å². The maximum atomic E-state index is 12.7. The number of amides is 1. The van der Waals surface area contributed by atoms with Crippen molar-refractivity contribution >= 4 is 52.0 Å². The zero-order valence-corrected chi connectivity index (χ0v) is 18.6. The van der Waals surface area contributed by atoms with Gasteiger partial charge >= 0.3 is 0 Å². The first-order chi connectivity index (χ1) is 13.4. The number of thiazole rings is 1. The van der Waals surface area contributed by atoms with Gasteiger partial charge in [0.05, 0.1) is 15.7 Å². The van der Waals surface area contributed by atoms with Crippen LogP contribution in [0.5, 0.6) is 0 Å². The number of benzene rings is 2. The van der Waals surface area contributed by atoms with Gasteiger partial charge in [-0.3, -0.25) is 4.79 Å². The minimum absolute atomic E-state index is 0.288. The molecular formula is C21H19Cl3N2OS. The quantitative estimate of drug-likeness (QED) is 0.414. The molecule has 3 rings (SSSR count). The van der Waals surface area contributed by atoms with Gasteiger partial charge in [-0.05, 0) is 49.7 Å². The molecule has 0 saturated carbocycles. The van der Waals surface area contributed by atoms with Gasteiger partial charge in [-0.2, -0.15) is 4.99 Å². The number of nitrogens with zero attached hydrogens (tertiary/aromatic N) is 2. The van der Waals surface area contributed by atoms with Gasteiger partial charge in [-0.25, -0.2) is 0 Å². The summed E-state index contributed by atoms with van der Waals surface area (Å²) >= 11 is 19.8. The molecule has 146 valence electrons. The number of halogens is 3. The number of carbonyl (C=O) groups is 1. The van der Waals surface area contributed by atoms with Crippen LogP contribution in [0.4, 0.5) is 0 Å². The Morgan fingerprint density at radius 3 is 2.36 bits per heavy atom. The number of hydrogen-bond donors (Lipinski definition) is 0. The van der Waals surface area contributed by atoms with Crippen LogP contribution < -0.4 is 4.80 Å². The summed E-state index contributed by atoms with van der Waals surface area (Å²) in [4.78, 5) is 18.9. The van der Waals surface area contributed by atoms with E-state index in [1.54, 1.807) is 30.3 Å². The summed E-state index contributed by atoms with van der Waals surface area (Å²) in [7, 11) is 0. The second-order valence-corrected chi connectivity index (χ2v) is 8.52. The van der Waals surface area contributed by atoms with E-state index in [-0.39, 0.29) is 5.91 Å². The van der Waals surface area contributed by atoms with Crippen LogP contribution in [0.1, 0.15) is 35.5 Å². The average molecular weight is 454 g/mol. The Labute approximate surface area is 183 Å². The van der Waals surface area contributed by atoms with E-state index in [2.05, 4.69) is 16.5 Å². The molecule has 0 aliphatic rings. The summed E-state index contributed by atoms with van der Waals surface area (Å²) < 4.78 is 2.06. The minimum atomic E-state index is -0.288. The largest absolute Gasteiger partial charge is 0.316 e. The lowest BCUT2D eigenvalue weighted by molar-refractivity contribution is 0.0998. The number of rotatable bonds is 5. The molecule has 0 bridgehead atoms. The molecule has 0 unspecified atom stereocenters. The highest BCUT2D eigenvalue weighted by Crippen LogP contribution is 2.32. The molecule has 0 aliphatic heterocycles. The van der Waals surface area contributed by atoms with E-state index >= 15 is 0 Å². The van der Waals surface area contributed by atoms with Gasteiger partial charge in [0, 0.05) is 27.6 Å². The smallest absolute Gasteiger partial charge is 0.279 e. The van der Waals surface area contributed by atoms with Crippen LogP contribution >= 0.6 is 46.1 Å². The fourth-order valence-corrected chi connectivity index (χ4v) is 4.67. The molecule has 0 spiro atoms. The Kier molecular flexibility index (Phi) is 7.00. The third kappa shape index (κ3) is 4.52. The van der Waals surface area contributed by atoms with E-state index in [1.165, 1.54) is 16.2 Å². The summed E-state index contributed by atoms with van der Waals surface area (Å²) in [6.45, 7) is 4.85. The summed E-state index contributed by atoms with van der Waals surface area (Å²) in [6, 6.07) is 12.4. The van der Waals surface area contributed by atoms with Crippen molar-refractivity contribution in [2.24, 2.45) is 4.99 Å². The Bertz CT molecular complexity index is 1070. The lowest BCUT2D eigenvalue weighted by Gasteiger charge is -2.10. The maximum Gasteiger partial charge on any atom is 0.279 e. The lowest BCUT2D eigenvalue weighted by atomic mass is 10.1. The van der Waals surface area contributed by atoms with Crippen molar-refractivity contribution in [3.05, 3.63) is 72.8 Å². The Morgan fingerprint density at radius 1 is 1.04 bits per heavy atom. The Hall–Kier alpha value is -1.59. The van der Waals surface area contributed by atoms with Crippen molar-refractivity contribution in [1.82, 2.24) is 4.57 Å². The van der Waals surface area contributed by atoms with E-state index in [0.29, 0.717) is 32.0 Å². The molecule has 0 fully saturated rings. The van der Waals surface area contributed by atoms with Crippen molar-refractivity contribution in [2.45, 2.75) is 33.2 Å². The van der Waals surface area contributed by atoms with Crippen LogP contribution in [-0.2, 0) is 13.0 Å². The molecule has 3 aromatic rings. The van der Waals surface area contributed by atoms with Crippen LogP contribution in [-0.4, -0.2) is 10.5 Å². The predicted molar refractivity (Wildman–Crippen MR) is 119 cm³/mol. The fourth-order valence-electron chi connectivity index (χ4n) is 2.94. The van der Waals surface area contributed by atoms with Crippen LogP contribution in [0, 0.1) is 0 Å². The first-order valence-corrected chi connectivity index (χ1v) is 10.9. The van der Waals surface area contributed by atoms with Gasteiger partial charge in [-0.15, -0.1) is 11.3 Å². The fraction of sp³-hybridized carbons (Fsp3) is 0.238. The van der Waals surface area contributed by atoms with Crippen molar-refractivity contribution in [1.29, 1.82) is 0 Å². The van der Waals surface area contributed by atoms with Gasteiger partial charge in [0.25, 0.3) is 5.91 Å². The summed E-state index contributed by atoms with van der Waals surface area (Å²) in [5.41, 5.74) is 2.51. The van der Waals surface area contributed by atoms with Gasteiger partial charge in [0.2, 0.25) is 0 Å². The SMILES string of the molecule is CCCc1sc(=NC(=O)c2ccc(Cl)cc2)n(CC)c1-c1ccc(Cl)c(Cl)c1. The third-order valence-corrected chi connectivity index (χ3v) is 6.38. The predicted octanol–water partition coefficient (Wildman–Crippen LogP) is 6.89. The van der Waals surface area contributed by atoms with Crippen LogP contribution in [0.3, 0.4) is 0 Å². The van der Waals surface area contributed by atoms with Crippen molar-refractivity contribution in [3.63, 3.8) is 0 Å². The monoisotopic (exact) mass is 452 g/mol. The molecule has 3 nitrogen and oxygen atoms in total. The Balaban J connectivity index is 2.15. The second kappa shape index (κ2) is 9.27. The molecule has 0 aliphatic carbocycles. The van der Waals surface area contributed by atoms with Crippen molar-refractivity contribution in [2.75, 3.05) is 0 Å². The van der Waals surface area contributed by atoms with E-state index < -0.39 is 0 Å². The van der Waals surface area contributed by atoms with Crippen LogP contribution in [0.2, 0.25) is 15.1 Å². The molecule has 0 saturated heterocycles. The van der Waals surface area contributed by atoms with Crippen molar-refractivity contribution < 1.29 is 4.79 Å². The number of hydrogen-bond acceptors (Lipinski definition) is 2. The normalized spacial score (nSPS) is 11.8. The van der Waals surface area contributed by atoms with E-state index in [4.69, 9.17) is 34.8 Å². The zero-order chi connectivity index (χ0) is 20.3. The number of carbonyl (C=O) groups excluding carboxylic acids is 1. The molecule has 1 amide bonds. The first kappa shape index (κ1) is 21.1. The molecule has 0 atom stereocenters. The number of aromatic nitrogens is 1. The summed E-state index contributed by atoms with van der Waals surface area (Å²) in [5.74, 6) is -0.288. The minimum Gasteiger partial charge on any atom is -0.316 e. The zero-order valence-electron chi connectivity index (χ0n) is 15.5. The van der Waals surface area contributed by atoms with E-state index in [9.17, 15) is 4.79 Å². The second-order valence-electron chi connectivity index (χ2n) is 6.20. The molecule has 1 aromatic heterocycles. The highest BCUT2D eigenvalue weighted by molar-refractivity contribution is 7.09. The topological polar surface area (TPSA) is 34.4 Å². The molecule has 0 N–H and O–H groups in total. The molecule has 0 radical (unpaired) electrons. The molecule has 7 heteroatoms.